The molecule has 0 radical (unpaired) electrons. The van der Waals surface area contributed by atoms with E-state index in [9.17, 15) is 139 Å². The summed E-state index contributed by atoms with van der Waals surface area (Å²) < 4.78 is 0. The maximum Gasteiger partial charge on any atom is 0.371 e. The molecule has 0 bridgehead atoms. The van der Waals surface area contributed by atoms with E-state index in [1.54, 1.807) is 0 Å². The normalized spacial score (nSPS) is 9.73. The summed E-state index contributed by atoms with van der Waals surface area (Å²) in [5.74, 6) is -31.2. The van der Waals surface area contributed by atoms with E-state index >= 15 is 0 Å². The molecule has 5 atom stereocenters. The maximum atomic E-state index is 10.4. The molecule has 5 aromatic rings. The van der Waals surface area contributed by atoms with Gasteiger partial charge in [-0.1, -0.05) is 152 Å². The zero-order valence-corrected chi connectivity index (χ0v) is 72.2. The van der Waals surface area contributed by atoms with Gasteiger partial charge in [-0.25, -0.2) is 57.5 Å². The highest BCUT2D eigenvalue weighted by Crippen LogP contribution is 2.05. The lowest BCUT2D eigenvalue weighted by molar-refractivity contribution is -0.148. The van der Waals surface area contributed by atoms with Gasteiger partial charge >= 0.3 is 101 Å². The first-order valence-corrected chi connectivity index (χ1v) is 35.2. The molecule has 27 N–H and O–H groups in total. The molecule has 728 valence electrons. The van der Waals surface area contributed by atoms with Gasteiger partial charge in [0.15, 0.2) is 0 Å². The summed E-state index contributed by atoms with van der Waals surface area (Å²) in [5.41, 5.74) is 31.5. The number of rotatable bonds is 27. The predicted octanol–water partition coefficient (Wildman–Crippen LogP) is -0.875. The fourth-order valence-corrected chi connectivity index (χ4v) is 4.78. The first-order chi connectivity index (χ1) is 60.2. The van der Waals surface area contributed by atoms with Gasteiger partial charge in [0, 0.05) is 83.1 Å². The lowest BCUT2D eigenvalue weighted by atomic mass is 10.1. The molecule has 0 fully saturated rings. The number of carbonyl (C=O) groups excluding carboxylic acids is 12. The van der Waals surface area contributed by atoms with Crippen LogP contribution < -0.4 is 28.7 Å². The zero-order valence-electron chi connectivity index (χ0n) is 72.2. The number of hydrogen-bond acceptors (Lipinski definition) is 34. The number of hydrogen-bond donors (Lipinski definition) is 22. The van der Waals surface area contributed by atoms with Crippen LogP contribution in [0.5, 0.6) is 0 Å². The van der Waals surface area contributed by atoms with E-state index in [1.807, 2.05) is 152 Å². The van der Waals surface area contributed by atoms with Crippen molar-refractivity contribution in [2.24, 2.45) is 28.7 Å². The molecular weight excluding hydrogens is 1780 g/mol. The molecule has 0 aliphatic rings. The molecule has 51 nitrogen and oxygen atoms in total. The Morgan fingerprint density at radius 3 is 0.265 bits per heavy atom. The minimum Gasteiger partial charge on any atom is -0.480 e. The van der Waals surface area contributed by atoms with Gasteiger partial charge in [-0.05, 0) is 59.9 Å². The summed E-state index contributed by atoms with van der Waals surface area (Å²) in [5, 5.41) is 134. The Labute approximate surface area is 747 Å². The van der Waals surface area contributed by atoms with Crippen molar-refractivity contribution >= 4 is 171 Å². The predicted molar refractivity (Wildman–Crippen MR) is 449 cm³/mol. The van der Waals surface area contributed by atoms with Crippen LogP contribution >= 0.6 is 0 Å². The van der Waals surface area contributed by atoms with Crippen LogP contribution in [0.1, 0.15) is 111 Å². The van der Waals surface area contributed by atoms with Gasteiger partial charge in [-0.3, -0.25) is 81.5 Å². The summed E-state index contributed by atoms with van der Waals surface area (Å²) in [6, 6.07) is 42.7. The Hall–Kier alpha value is -17.1. The Bertz CT molecular complexity index is 3600. The lowest BCUT2D eigenvalue weighted by Crippen LogP contribution is -2.32. The van der Waals surface area contributed by atoms with Crippen LogP contribution in [-0.4, -0.2) is 288 Å². The lowest BCUT2D eigenvalue weighted by Gasteiger charge is -2.04. The largest absolute Gasteiger partial charge is 0.480 e. The van der Waals surface area contributed by atoms with Crippen molar-refractivity contribution in [3.8, 4) is 0 Å². The van der Waals surface area contributed by atoms with E-state index in [-0.39, 0.29) is 0 Å². The summed E-state index contributed by atoms with van der Waals surface area (Å²) in [6.07, 6.45) is 1.93. The Balaban J connectivity index is -0.000000117. The third kappa shape index (κ3) is 115. The third-order valence-electron chi connectivity index (χ3n) is 11.7. The summed E-state index contributed by atoms with van der Waals surface area (Å²) in [6.45, 7) is 12.0. The quantitative estimate of drug-likeness (QED) is 0.0284. The van der Waals surface area contributed by atoms with Crippen molar-refractivity contribution in [2.75, 3.05) is 0 Å². The van der Waals surface area contributed by atoms with Crippen molar-refractivity contribution < 1.29 is 226 Å². The number of benzene rings is 5. The zero-order chi connectivity index (χ0) is 107. The molecule has 0 aliphatic carbocycles. The Kier molecular flexibility index (Phi) is 91.8. The standard InChI is InChI=1S/5C9H11NO2.12C3H4O3/c5*10-8(9(11)12)6-7-4-2-1-3-5-7;12*1-2(4)3(5)6/h5*1-5,8H,6,10H2,(H,11,12);12*1H3,(H,5,6)/t5*8-;;;;;;;;;;;;/m00000............/s1. The number of ketones is 12. The van der Waals surface area contributed by atoms with E-state index in [4.69, 9.17) is 115 Å². The van der Waals surface area contributed by atoms with E-state index in [1.165, 1.54) is 0 Å². The van der Waals surface area contributed by atoms with Crippen LogP contribution in [0.25, 0.3) is 0 Å². The maximum absolute atomic E-state index is 10.4. The van der Waals surface area contributed by atoms with E-state index < -0.39 is 201 Å². The molecule has 0 saturated carbocycles. The van der Waals surface area contributed by atoms with E-state index in [0.717, 1.165) is 111 Å². The Morgan fingerprint density at radius 2 is 0.220 bits per heavy atom. The monoisotopic (exact) mass is 1880 g/mol. The van der Waals surface area contributed by atoms with Crippen LogP contribution in [0.3, 0.4) is 0 Å². The van der Waals surface area contributed by atoms with E-state index in [2.05, 4.69) is 0 Å². The minimum absolute atomic E-state index is 0.385. The molecule has 0 heterocycles. The Morgan fingerprint density at radius 1 is 0.159 bits per heavy atom. The van der Waals surface area contributed by atoms with Gasteiger partial charge in [-0.15, -0.1) is 0 Å². The second-order valence-electron chi connectivity index (χ2n) is 23.5. The minimum atomic E-state index is -1.38. The van der Waals surface area contributed by atoms with Gasteiger partial charge in [-0.2, -0.15) is 0 Å². The van der Waals surface area contributed by atoms with Gasteiger partial charge in [0.25, 0.3) is 0 Å². The number of aliphatic carboxylic acids is 17. The molecule has 0 saturated heterocycles. The van der Waals surface area contributed by atoms with Gasteiger partial charge < -0.3 is 115 Å². The topological polar surface area (TPSA) is 969 Å². The van der Waals surface area contributed by atoms with Gasteiger partial charge in [0.2, 0.25) is 69.4 Å². The molecule has 0 aliphatic heterocycles. The van der Waals surface area contributed by atoms with Crippen molar-refractivity contribution in [3.63, 3.8) is 0 Å². The smallest absolute Gasteiger partial charge is 0.371 e. The third-order valence-corrected chi connectivity index (χ3v) is 11.7. The van der Waals surface area contributed by atoms with Crippen molar-refractivity contribution in [2.45, 2.75) is 145 Å². The average molecular weight is 1880 g/mol. The highest BCUT2D eigenvalue weighted by Gasteiger charge is 2.16. The van der Waals surface area contributed by atoms with Crippen molar-refractivity contribution in [3.05, 3.63) is 179 Å². The molecule has 51 heteroatoms. The van der Waals surface area contributed by atoms with Crippen LogP contribution in [0.4, 0.5) is 0 Å². The summed E-state index contributed by atoms with van der Waals surface area (Å²) >= 11 is 0. The highest BCUT2D eigenvalue weighted by molar-refractivity contribution is 6.35. The molecule has 0 spiro atoms. The van der Waals surface area contributed by atoms with Crippen LogP contribution in [0, 0.1) is 0 Å². The summed E-state index contributed by atoms with van der Waals surface area (Å²) in [4.78, 5) is 279. The second kappa shape index (κ2) is 86.1. The van der Waals surface area contributed by atoms with E-state index in [0.29, 0.717) is 32.1 Å². The fraction of sp³-hybridized carbons (Fsp3) is 0.272. The highest BCUT2D eigenvalue weighted by atomic mass is 16.4. The molecule has 132 heavy (non-hydrogen) atoms. The van der Waals surface area contributed by atoms with Gasteiger partial charge in [0.05, 0.1) is 0 Å². The van der Waals surface area contributed by atoms with Crippen molar-refractivity contribution in [1.29, 1.82) is 0 Å². The number of carbonyl (C=O) groups is 29. The molecule has 5 aromatic carbocycles. The van der Waals surface area contributed by atoms with Crippen LogP contribution in [-0.2, 0) is 171 Å². The molecule has 0 aromatic heterocycles. The SMILES string of the molecule is CC(=O)C(=O)O.CC(=O)C(=O)O.CC(=O)C(=O)O.CC(=O)C(=O)O.CC(=O)C(=O)O.CC(=O)C(=O)O.CC(=O)C(=O)O.CC(=O)C(=O)O.CC(=O)C(=O)O.CC(=O)C(=O)O.CC(=O)C(=O)O.CC(=O)C(=O)O.N[C@@H](Cc1ccccc1)C(=O)O.N[C@@H](Cc1ccccc1)C(=O)O.N[C@@H](Cc1ccccc1)C(=O)O.N[C@@H](Cc1ccccc1)C(=O)O.N[C@@H](Cc1ccccc1)C(=O)O. The average Bonchev–Trinajstić information content (AvgIpc) is 0.947. The van der Waals surface area contributed by atoms with Gasteiger partial charge in [0.1, 0.15) is 30.2 Å². The van der Waals surface area contributed by atoms with Crippen LogP contribution in [0.2, 0.25) is 0 Å². The number of Topliss-reactive ketones (excluding diaryl/α,β-unsaturated/α-hetero) is 12. The molecule has 0 amide bonds. The fourth-order valence-electron chi connectivity index (χ4n) is 4.78. The molecular formula is C81H103N5O46. The first kappa shape index (κ1) is 141. The summed E-state index contributed by atoms with van der Waals surface area (Å²) in [7, 11) is 0. The van der Waals surface area contributed by atoms with Crippen molar-refractivity contribution in [1.82, 2.24) is 0 Å². The molecule has 5 rings (SSSR count). The number of carboxylic acids is 17. The first-order valence-electron chi connectivity index (χ1n) is 35.2. The molecule has 0 unspecified atom stereocenters. The second-order valence-corrected chi connectivity index (χ2v) is 23.5. The number of nitrogens with two attached hydrogens (primary N) is 5. The van der Waals surface area contributed by atoms with Crippen LogP contribution in [0.15, 0.2) is 152 Å². The number of carboxylic acid groups (broad SMARTS) is 17.